The van der Waals surface area contributed by atoms with Crippen molar-refractivity contribution in [1.29, 1.82) is 0 Å². The molecule has 1 aromatic rings. The summed E-state index contributed by atoms with van der Waals surface area (Å²) in [7, 11) is 0. The summed E-state index contributed by atoms with van der Waals surface area (Å²) in [6.07, 6.45) is 0. The molecule has 1 rings (SSSR count). The van der Waals surface area contributed by atoms with Gasteiger partial charge in [-0.25, -0.2) is 8.78 Å². The number of aliphatic imine (C=N–C) groups is 1. The zero-order valence-corrected chi connectivity index (χ0v) is 9.06. The molecule has 0 spiro atoms. The number of allylic oxidation sites excluding steroid dienone is 1. The van der Waals surface area contributed by atoms with Crippen molar-refractivity contribution in [1.82, 2.24) is 0 Å². The summed E-state index contributed by atoms with van der Waals surface area (Å²) >= 11 is 0. The third kappa shape index (κ3) is 2.49. The smallest absolute Gasteiger partial charge is 0.184 e. The van der Waals surface area contributed by atoms with Crippen LogP contribution in [0.3, 0.4) is 0 Å². The van der Waals surface area contributed by atoms with Crippen LogP contribution < -0.4 is 0 Å². The first-order valence-corrected chi connectivity index (χ1v) is 4.59. The van der Waals surface area contributed by atoms with Crippen molar-refractivity contribution in [3.63, 3.8) is 0 Å². The summed E-state index contributed by atoms with van der Waals surface area (Å²) in [4.78, 5) is 4.02. The van der Waals surface area contributed by atoms with Crippen LogP contribution in [0, 0.1) is 18.6 Å². The van der Waals surface area contributed by atoms with Crippen LogP contribution >= 0.6 is 0 Å². The highest BCUT2D eigenvalue weighted by Crippen LogP contribution is 2.25. The highest BCUT2D eigenvalue weighted by molar-refractivity contribution is 5.98. The quantitative estimate of drug-likeness (QED) is 0.654. The van der Waals surface area contributed by atoms with E-state index in [-0.39, 0.29) is 5.69 Å². The first-order chi connectivity index (χ1) is 6.93. The molecule has 0 bridgehead atoms. The minimum atomic E-state index is -0.907. The number of rotatable bonds is 2. The molecule has 0 heterocycles. The number of halogens is 2. The minimum absolute atomic E-state index is 0.0514. The standard InChI is InChI=1S/C12H13F2N/c1-7(2)9(4)15-12-8(3)5-6-10(13)11(12)14/h5-6H,1H2,2-4H3. The van der Waals surface area contributed by atoms with Crippen LogP contribution in [0.2, 0.25) is 0 Å². The van der Waals surface area contributed by atoms with Crippen LogP contribution in [0.1, 0.15) is 19.4 Å². The largest absolute Gasteiger partial charge is 0.250 e. The maximum Gasteiger partial charge on any atom is 0.184 e. The van der Waals surface area contributed by atoms with E-state index in [1.165, 1.54) is 6.07 Å². The number of hydrogen-bond acceptors (Lipinski definition) is 1. The zero-order chi connectivity index (χ0) is 11.6. The Morgan fingerprint density at radius 3 is 2.40 bits per heavy atom. The summed E-state index contributed by atoms with van der Waals surface area (Å²) in [5.41, 5.74) is 1.99. The molecule has 0 radical (unpaired) electrons. The van der Waals surface area contributed by atoms with Crippen molar-refractivity contribution >= 4 is 11.4 Å². The van der Waals surface area contributed by atoms with Gasteiger partial charge in [0.1, 0.15) is 5.69 Å². The van der Waals surface area contributed by atoms with E-state index in [9.17, 15) is 8.78 Å². The van der Waals surface area contributed by atoms with Gasteiger partial charge in [-0.2, -0.15) is 0 Å². The molecular weight excluding hydrogens is 196 g/mol. The Kier molecular flexibility index (Phi) is 3.35. The minimum Gasteiger partial charge on any atom is -0.250 e. The van der Waals surface area contributed by atoms with E-state index in [1.807, 2.05) is 0 Å². The van der Waals surface area contributed by atoms with E-state index in [4.69, 9.17) is 0 Å². The van der Waals surface area contributed by atoms with Gasteiger partial charge in [0.25, 0.3) is 0 Å². The van der Waals surface area contributed by atoms with Gasteiger partial charge in [-0.3, -0.25) is 4.99 Å². The summed E-state index contributed by atoms with van der Waals surface area (Å²) in [5, 5.41) is 0. The van der Waals surface area contributed by atoms with E-state index in [2.05, 4.69) is 11.6 Å². The van der Waals surface area contributed by atoms with Crippen LogP contribution in [0.25, 0.3) is 0 Å². The second kappa shape index (κ2) is 4.34. The van der Waals surface area contributed by atoms with Gasteiger partial charge < -0.3 is 0 Å². The fourth-order valence-electron chi connectivity index (χ4n) is 1.04. The van der Waals surface area contributed by atoms with Crippen LogP contribution in [0.4, 0.5) is 14.5 Å². The molecule has 1 nitrogen and oxygen atoms in total. The molecule has 0 N–H and O–H groups in total. The van der Waals surface area contributed by atoms with Gasteiger partial charge in [0.15, 0.2) is 11.6 Å². The molecule has 0 saturated carbocycles. The maximum atomic E-state index is 13.4. The van der Waals surface area contributed by atoms with Gasteiger partial charge in [0.2, 0.25) is 0 Å². The van der Waals surface area contributed by atoms with Crippen molar-refractivity contribution in [2.24, 2.45) is 4.99 Å². The summed E-state index contributed by atoms with van der Waals surface area (Å²) in [6.45, 7) is 8.86. The molecule has 0 amide bonds. The molecule has 3 heteroatoms. The number of nitrogens with zero attached hydrogens (tertiary/aromatic N) is 1. The Bertz CT molecular complexity index is 433. The van der Waals surface area contributed by atoms with Crippen molar-refractivity contribution in [2.75, 3.05) is 0 Å². The van der Waals surface area contributed by atoms with E-state index < -0.39 is 11.6 Å². The highest BCUT2D eigenvalue weighted by atomic mass is 19.2. The van der Waals surface area contributed by atoms with E-state index in [1.54, 1.807) is 20.8 Å². The van der Waals surface area contributed by atoms with Crippen molar-refractivity contribution in [3.05, 3.63) is 41.5 Å². The second-order valence-electron chi connectivity index (χ2n) is 3.50. The molecule has 80 valence electrons. The van der Waals surface area contributed by atoms with E-state index in [0.29, 0.717) is 11.3 Å². The Labute approximate surface area is 88.2 Å². The van der Waals surface area contributed by atoms with Gasteiger partial charge in [0.05, 0.1) is 0 Å². The molecule has 0 atom stereocenters. The molecule has 0 fully saturated rings. The monoisotopic (exact) mass is 209 g/mol. The first-order valence-electron chi connectivity index (χ1n) is 4.59. The van der Waals surface area contributed by atoms with Gasteiger partial charge >= 0.3 is 0 Å². The molecule has 0 aliphatic heterocycles. The fraction of sp³-hybridized carbons (Fsp3) is 0.250. The Balaban J connectivity index is 3.32. The highest BCUT2D eigenvalue weighted by Gasteiger charge is 2.10. The third-order valence-corrected chi connectivity index (χ3v) is 2.17. The number of hydrogen-bond donors (Lipinski definition) is 0. The van der Waals surface area contributed by atoms with Gasteiger partial charge in [0, 0.05) is 5.71 Å². The van der Waals surface area contributed by atoms with E-state index in [0.717, 1.165) is 11.6 Å². The molecule has 0 aliphatic rings. The zero-order valence-electron chi connectivity index (χ0n) is 9.06. The molecule has 1 aromatic carbocycles. The Morgan fingerprint density at radius 2 is 1.87 bits per heavy atom. The molecule has 0 aromatic heterocycles. The summed E-state index contributed by atoms with van der Waals surface area (Å²) in [6, 6.07) is 2.60. The SMILES string of the molecule is C=C(C)C(C)=Nc1c(C)ccc(F)c1F. The van der Waals surface area contributed by atoms with Crippen LogP contribution in [0.5, 0.6) is 0 Å². The summed E-state index contributed by atoms with van der Waals surface area (Å²) < 4.78 is 26.3. The van der Waals surface area contributed by atoms with Crippen molar-refractivity contribution in [3.8, 4) is 0 Å². The average molecular weight is 209 g/mol. The topological polar surface area (TPSA) is 12.4 Å². The maximum absolute atomic E-state index is 13.4. The normalized spacial score (nSPS) is 11.7. The lowest BCUT2D eigenvalue weighted by molar-refractivity contribution is 0.510. The number of aryl methyl sites for hydroxylation is 1. The first kappa shape index (κ1) is 11.6. The fourth-order valence-corrected chi connectivity index (χ4v) is 1.04. The van der Waals surface area contributed by atoms with Crippen LogP contribution in [-0.4, -0.2) is 5.71 Å². The van der Waals surface area contributed by atoms with Gasteiger partial charge in [-0.15, -0.1) is 0 Å². The lowest BCUT2D eigenvalue weighted by Gasteiger charge is -2.05. The predicted octanol–water partition coefficient (Wildman–Crippen LogP) is 3.94. The Hall–Kier alpha value is -1.51. The predicted molar refractivity (Wildman–Crippen MR) is 58.7 cm³/mol. The van der Waals surface area contributed by atoms with E-state index >= 15 is 0 Å². The second-order valence-corrected chi connectivity index (χ2v) is 3.50. The average Bonchev–Trinajstić information content (AvgIpc) is 2.18. The number of benzene rings is 1. The van der Waals surface area contributed by atoms with Crippen LogP contribution in [-0.2, 0) is 0 Å². The molecule has 15 heavy (non-hydrogen) atoms. The van der Waals surface area contributed by atoms with Crippen molar-refractivity contribution < 1.29 is 8.78 Å². The lowest BCUT2D eigenvalue weighted by atomic mass is 10.1. The lowest BCUT2D eigenvalue weighted by Crippen LogP contribution is -1.94. The van der Waals surface area contributed by atoms with Crippen LogP contribution in [0.15, 0.2) is 29.3 Å². The van der Waals surface area contributed by atoms with Gasteiger partial charge in [-0.1, -0.05) is 12.6 Å². The van der Waals surface area contributed by atoms with Crippen molar-refractivity contribution in [2.45, 2.75) is 20.8 Å². The third-order valence-electron chi connectivity index (χ3n) is 2.17. The molecule has 0 unspecified atom stereocenters. The molecular formula is C12H13F2N. The molecule has 0 aliphatic carbocycles. The summed E-state index contributed by atoms with van der Waals surface area (Å²) in [5.74, 6) is -1.79. The molecule has 0 saturated heterocycles. The van der Waals surface area contributed by atoms with Gasteiger partial charge in [-0.05, 0) is 38.0 Å². The Morgan fingerprint density at radius 1 is 1.27 bits per heavy atom.